The molecule has 0 aromatic carbocycles. The van der Waals surface area contributed by atoms with Gasteiger partial charge >= 0.3 is 0 Å². The standard InChI is InChI=1S/C15H18N4O4/c1-8-5-11(17-22-8)15(20)19-6-9(2)21-12(7-19)14-16-13(18-23-14)10-3-4-10/h5,9-10,12H,3-4,6-7H2,1-2H3/t9-,12-/m1/s1. The number of aryl methyl sites for hydroxylation is 1. The molecule has 1 amide bonds. The summed E-state index contributed by atoms with van der Waals surface area (Å²) >= 11 is 0. The van der Waals surface area contributed by atoms with Crippen molar-refractivity contribution in [3.8, 4) is 0 Å². The van der Waals surface area contributed by atoms with E-state index in [1.54, 1.807) is 17.9 Å². The summed E-state index contributed by atoms with van der Waals surface area (Å²) in [6.07, 6.45) is 1.69. The Labute approximate surface area is 132 Å². The molecule has 2 atom stereocenters. The first-order chi connectivity index (χ1) is 11.1. The van der Waals surface area contributed by atoms with Crippen LogP contribution in [-0.4, -0.2) is 45.3 Å². The average Bonchev–Trinajstić information content (AvgIpc) is 3.10. The van der Waals surface area contributed by atoms with Gasteiger partial charge in [-0.25, -0.2) is 0 Å². The summed E-state index contributed by atoms with van der Waals surface area (Å²) in [5.41, 5.74) is 0.305. The zero-order chi connectivity index (χ0) is 16.0. The summed E-state index contributed by atoms with van der Waals surface area (Å²) in [6.45, 7) is 4.53. The van der Waals surface area contributed by atoms with Gasteiger partial charge in [0.1, 0.15) is 5.76 Å². The van der Waals surface area contributed by atoms with Crippen LogP contribution in [0.5, 0.6) is 0 Å². The number of morpholine rings is 1. The Morgan fingerprint density at radius 2 is 2.09 bits per heavy atom. The smallest absolute Gasteiger partial charge is 0.276 e. The van der Waals surface area contributed by atoms with Crippen molar-refractivity contribution < 1.29 is 18.6 Å². The van der Waals surface area contributed by atoms with Gasteiger partial charge in [0, 0.05) is 18.5 Å². The number of nitrogens with zero attached hydrogens (tertiary/aromatic N) is 4. The molecule has 8 heteroatoms. The molecule has 23 heavy (non-hydrogen) atoms. The minimum Gasteiger partial charge on any atom is -0.362 e. The Morgan fingerprint density at radius 1 is 1.26 bits per heavy atom. The fourth-order valence-electron chi connectivity index (χ4n) is 2.77. The Hall–Kier alpha value is -2.22. The molecule has 2 aromatic heterocycles. The second kappa shape index (κ2) is 5.45. The topological polar surface area (TPSA) is 94.5 Å². The molecular formula is C15H18N4O4. The molecule has 122 valence electrons. The van der Waals surface area contributed by atoms with E-state index in [9.17, 15) is 4.79 Å². The van der Waals surface area contributed by atoms with E-state index in [2.05, 4.69) is 15.3 Å². The number of aromatic nitrogens is 3. The first kappa shape index (κ1) is 14.4. The molecule has 4 rings (SSSR count). The molecule has 1 aliphatic heterocycles. The van der Waals surface area contributed by atoms with Crippen LogP contribution < -0.4 is 0 Å². The van der Waals surface area contributed by atoms with Crippen molar-refractivity contribution in [1.82, 2.24) is 20.2 Å². The van der Waals surface area contributed by atoms with E-state index < -0.39 is 6.10 Å². The maximum atomic E-state index is 12.5. The molecular weight excluding hydrogens is 300 g/mol. The SMILES string of the molecule is Cc1cc(C(=O)N2C[C@@H](C)O[C@@H](c3nc(C4CC4)no3)C2)no1. The largest absolute Gasteiger partial charge is 0.362 e. The lowest BCUT2D eigenvalue weighted by molar-refractivity contribution is -0.0811. The first-order valence-electron chi connectivity index (χ1n) is 7.81. The quantitative estimate of drug-likeness (QED) is 0.852. The molecule has 2 aliphatic rings. The van der Waals surface area contributed by atoms with E-state index in [0.29, 0.717) is 36.4 Å². The molecule has 1 saturated heterocycles. The summed E-state index contributed by atoms with van der Waals surface area (Å²) in [7, 11) is 0. The van der Waals surface area contributed by atoms with Crippen LogP contribution in [0.2, 0.25) is 0 Å². The lowest BCUT2D eigenvalue weighted by Gasteiger charge is -2.34. The molecule has 0 N–H and O–H groups in total. The third kappa shape index (κ3) is 2.86. The van der Waals surface area contributed by atoms with Crippen molar-refractivity contribution in [1.29, 1.82) is 0 Å². The molecule has 2 aromatic rings. The van der Waals surface area contributed by atoms with E-state index in [1.807, 2.05) is 6.92 Å². The normalized spacial score (nSPS) is 24.9. The van der Waals surface area contributed by atoms with E-state index in [1.165, 1.54) is 0 Å². The molecule has 0 unspecified atom stereocenters. The number of carbonyl (C=O) groups is 1. The first-order valence-corrected chi connectivity index (χ1v) is 7.81. The van der Waals surface area contributed by atoms with Crippen LogP contribution in [0, 0.1) is 6.92 Å². The third-order valence-electron chi connectivity index (χ3n) is 4.07. The van der Waals surface area contributed by atoms with E-state index in [-0.39, 0.29) is 12.0 Å². The zero-order valence-electron chi connectivity index (χ0n) is 13.1. The fraction of sp³-hybridized carbons (Fsp3) is 0.600. The Bertz CT molecular complexity index is 721. The van der Waals surface area contributed by atoms with Gasteiger partial charge in [0.15, 0.2) is 17.6 Å². The van der Waals surface area contributed by atoms with Crippen molar-refractivity contribution in [2.45, 2.75) is 44.8 Å². The molecule has 8 nitrogen and oxygen atoms in total. The highest BCUT2D eigenvalue weighted by Crippen LogP contribution is 2.39. The van der Waals surface area contributed by atoms with Gasteiger partial charge in [0.25, 0.3) is 11.8 Å². The van der Waals surface area contributed by atoms with E-state index >= 15 is 0 Å². The summed E-state index contributed by atoms with van der Waals surface area (Å²) in [5.74, 6) is 2.03. The van der Waals surface area contributed by atoms with Gasteiger partial charge < -0.3 is 18.7 Å². The predicted molar refractivity (Wildman–Crippen MR) is 76.7 cm³/mol. The minimum atomic E-state index is -0.407. The number of rotatable bonds is 3. The van der Waals surface area contributed by atoms with E-state index in [4.69, 9.17) is 13.8 Å². The van der Waals surface area contributed by atoms with Gasteiger partial charge in [-0.1, -0.05) is 10.3 Å². The zero-order valence-corrected chi connectivity index (χ0v) is 13.1. The van der Waals surface area contributed by atoms with Crippen LogP contribution in [0.15, 0.2) is 15.1 Å². The second-order valence-corrected chi connectivity index (χ2v) is 6.23. The number of carbonyl (C=O) groups excluding carboxylic acids is 1. The van der Waals surface area contributed by atoms with Crippen LogP contribution in [0.1, 0.15) is 59.8 Å². The van der Waals surface area contributed by atoms with Gasteiger partial charge in [-0.3, -0.25) is 4.79 Å². The van der Waals surface area contributed by atoms with Gasteiger partial charge in [0.05, 0.1) is 12.6 Å². The maximum absolute atomic E-state index is 12.5. The van der Waals surface area contributed by atoms with Crippen LogP contribution in [0.3, 0.4) is 0 Å². The van der Waals surface area contributed by atoms with Gasteiger partial charge in [-0.15, -0.1) is 0 Å². The van der Waals surface area contributed by atoms with Crippen LogP contribution in [0.4, 0.5) is 0 Å². The summed E-state index contributed by atoms with van der Waals surface area (Å²) < 4.78 is 16.2. The highest BCUT2D eigenvalue weighted by atomic mass is 16.5. The lowest BCUT2D eigenvalue weighted by Crippen LogP contribution is -2.46. The number of hydrogen-bond acceptors (Lipinski definition) is 7. The van der Waals surface area contributed by atoms with E-state index in [0.717, 1.165) is 18.7 Å². The van der Waals surface area contributed by atoms with Crippen molar-refractivity contribution in [2.75, 3.05) is 13.1 Å². The highest BCUT2D eigenvalue weighted by molar-refractivity contribution is 5.92. The fourth-order valence-corrected chi connectivity index (χ4v) is 2.77. The second-order valence-electron chi connectivity index (χ2n) is 6.23. The predicted octanol–water partition coefficient (Wildman–Crippen LogP) is 1.85. The number of amides is 1. The minimum absolute atomic E-state index is 0.123. The average molecular weight is 318 g/mol. The highest BCUT2D eigenvalue weighted by Gasteiger charge is 2.36. The molecule has 2 fully saturated rings. The summed E-state index contributed by atoms with van der Waals surface area (Å²) in [6, 6.07) is 1.63. The summed E-state index contributed by atoms with van der Waals surface area (Å²) in [4.78, 5) is 18.7. The molecule has 0 radical (unpaired) electrons. The Morgan fingerprint density at radius 3 is 2.78 bits per heavy atom. The lowest BCUT2D eigenvalue weighted by atomic mass is 10.2. The van der Waals surface area contributed by atoms with Crippen molar-refractivity contribution in [2.24, 2.45) is 0 Å². The third-order valence-corrected chi connectivity index (χ3v) is 4.07. The number of ether oxygens (including phenoxy) is 1. The van der Waals surface area contributed by atoms with Gasteiger partial charge in [0.2, 0.25) is 0 Å². The molecule has 1 saturated carbocycles. The summed E-state index contributed by atoms with van der Waals surface area (Å²) in [5, 5.41) is 7.80. The molecule has 0 spiro atoms. The van der Waals surface area contributed by atoms with Crippen LogP contribution in [0.25, 0.3) is 0 Å². The number of hydrogen-bond donors (Lipinski definition) is 0. The Balaban J connectivity index is 1.51. The molecule has 3 heterocycles. The van der Waals surface area contributed by atoms with Crippen molar-refractivity contribution >= 4 is 5.91 Å². The van der Waals surface area contributed by atoms with Crippen LogP contribution >= 0.6 is 0 Å². The van der Waals surface area contributed by atoms with Crippen LogP contribution in [-0.2, 0) is 4.74 Å². The van der Waals surface area contributed by atoms with Crippen molar-refractivity contribution in [3.63, 3.8) is 0 Å². The van der Waals surface area contributed by atoms with Crippen molar-refractivity contribution in [3.05, 3.63) is 29.2 Å². The van der Waals surface area contributed by atoms with Gasteiger partial charge in [-0.05, 0) is 26.7 Å². The molecule has 1 aliphatic carbocycles. The maximum Gasteiger partial charge on any atom is 0.276 e. The van der Waals surface area contributed by atoms with Gasteiger partial charge in [-0.2, -0.15) is 4.98 Å². The molecule has 0 bridgehead atoms. The monoisotopic (exact) mass is 318 g/mol. The Kier molecular flexibility index (Phi) is 3.41.